The summed E-state index contributed by atoms with van der Waals surface area (Å²) in [5.41, 5.74) is 18.3. The number of carboxylic acids is 1. The molecule has 3 aromatic rings. The van der Waals surface area contributed by atoms with Gasteiger partial charge in [-0.2, -0.15) is 0 Å². The first kappa shape index (κ1) is 32.3. The standard InChI is InChI=1S/C29H35N7O7/c30-19(10-11-24(31)37)26(39)34-22(14-25(32)38)28(41)35-21(13-17-15-33-20-9-5-4-8-18(17)20)27(40)36-23(29(42)43)12-16-6-2-1-3-7-16/h1-9,15,19,21-23,33H,10-14,30H2,(H2,31,37)(H2,32,38)(H,34,39)(H,35,41)(H,36,40)(H,42,43). The molecular formula is C29H35N7O7. The van der Waals surface area contributed by atoms with Gasteiger partial charge in [0.15, 0.2) is 0 Å². The number of nitrogens with two attached hydrogens (primary N) is 3. The van der Waals surface area contributed by atoms with Crippen LogP contribution in [0.1, 0.15) is 30.4 Å². The number of carbonyl (C=O) groups excluding carboxylic acids is 5. The summed E-state index contributed by atoms with van der Waals surface area (Å²) < 4.78 is 0. The fourth-order valence-corrected chi connectivity index (χ4v) is 4.44. The van der Waals surface area contributed by atoms with Gasteiger partial charge in [-0.15, -0.1) is 0 Å². The Hall–Kier alpha value is -5.24. The van der Waals surface area contributed by atoms with Gasteiger partial charge in [0.05, 0.1) is 12.5 Å². The molecule has 0 aliphatic rings. The zero-order chi connectivity index (χ0) is 31.5. The van der Waals surface area contributed by atoms with Crippen LogP contribution < -0.4 is 33.2 Å². The molecule has 43 heavy (non-hydrogen) atoms. The van der Waals surface area contributed by atoms with E-state index in [2.05, 4.69) is 20.9 Å². The van der Waals surface area contributed by atoms with E-state index in [0.29, 0.717) is 11.1 Å². The molecule has 4 atom stereocenters. The number of fused-ring (bicyclic) bond motifs is 1. The summed E-state index contributed by atoms with van der Waals surface area (Å²) >= 11 is 0. The van der Waals surface area contributed by atoms with E-state index in [4.69, 9.17) is 17.2 Å². The number of hydrogen-bond donors (Lipinski definition) is 8. The van der Waals surface area contributed by atoms with Gasteiger partial charge in [0.25, 0.3) is 0 Å². The molecule has 1 aromatic heterocycles. The highest BCUT2D eigenvalue weighted by atomic mass is 16.4. The molecule has 1 heterocycles. The summed E-state index contributed by atoms with van der Waals surface area (Å²) in [5, 5.41) is 17.9. The van der Waals surface area contributed by atoms with Gasteiger partial charge in [0.2, 0.25) is 29.5 Å². The van der Waals surface area contributed by atoms with E-state index in [-0.39, 0.29) is 25.7 Å². The molecule has 0 saturated heterocycles. The third-order valence-corrected chi connectivity index (χ3v) is 6.71. The maximum absolute atomic E-state index is 13.5. The summed E-state index contributed by atoms with van der Waals surface area (Å²) in [4.78, 5) is 77.4. The van der Waals surface area contributed by atoms with E-state index >= 15 is 0 Å². The van der Waals surface area contributed by atoms with E-state index in [0.717, 1.165) is 10.9 Å². The Bertz CT molecular complexity index is 1470. The Labute approximate surface area is 246 Å². The third kappa shape index (κ3) is 9.67. The van der Waals surface area contributed by atoms with Gasteiger partial charge >= 0.3 is 5.97 Å². The quantitative estimate of drug-likeness (QED) is 0.102. The number of carbonyl (C=O) groups is 6. The Balaban J connectivity index is 1.85. The molecule has 14 nitrogen and oxygen atoms in total. The van der Waals surface area contributed by atoms with Gasteiger partial charge in [-0.25, -0.2) is 4.79 Å². The van der Waals surface area contributed by atoms with Crippen LogP contribution in [0, 0.1) is 0 Å². The Kier molecular flexibility index (Phi) is 11.3. The van der Waals surface area contributed by atoms with Gasteiger partial charge in [-0.1, -0.05) is 48.5 Å². The minimum Gasteiger partial charge on any atom is -0.480 e. The Morgan fingerprint density at radius 3 is 2.00 bits per heavy atom. The molecule has 0 bridgehead atoms. The van der Waals surface area contributed by atoms with Crippen molar-refractivity contribution in [3.05, 3.63) is 71.9 Å². The van der Waals surface area contributed by atoms with Gasteiger partial charge in [-0.3, -0.25) is 24.0 Å². The van der Waals surface area contributed by atoms with Crippen LogP contribution in [0.4, 0.5) is 0 Å². The lowest BCUT2D eigenvalue weighted by atomic mass is 10.0. The molecule has 0 radical (unpaired) electrons. The average molecular weight is 594 g/mol. The minimum absolute atomic E-state index is 0.0147. The van der Waals surface area contributed by atoms with Crippen molar-refractivity contribution in [2.45, 2.75) is 56.3 Å². The van der Waals surface area contributed by atoms with Crippen LogP contribution >= 0.6 is 0 Å². The number of primary amides is 2. The highest BCUT2D eigenvalue weighted by molar-refractivity contribution is 5.96. The van der Waals surface area contributed by atoms with Crippen molar-refractivity contribution >= 4 is 46.4 Å². The van der Waals surface area contributed by atoms with Crippen LogP contribution in [0.25, 0.3) is 10.9 Å². The molecular weight excluding hydrogens is 558 g/mol. The zero-order valence-corrected chi connectivity index (χ0v) is 23.2. The molecule has 4 unspecified atom stereocenters. The lowest BCUT2D eigenvalue weighted by Gasteiger charge is -2.25. The monoisotopic (exact) mass is 593 g/mol. The number of rotatable bonds is 16. The number of H-pyrrole nitrogens is 1. The molecule has 5 amide bonds. The number of benzene rings is 2. The second-order valence-electron chi connectivity index (χ2n) is 10.1. The number of hydrogen-bond acceptors (Lipinski definition) is 7. The fraction of sp³-hybridized carbons (Fsp3) is 0.310. The highest BCUT2D eigenvalue weighted by Gasteiger charge is 2.32. The maximum Gasteiger partial charge on any atom is 0.326 e. The van der Waals surface area contributed by atoms with Crippen molar-refractivity contribution < 1.29 is 33.9 Å². The third-order valence-electron chi connectivity index (χ3n) is 6.71. The second kappa shape index (κ2) is 15.1. The first-order chi connectivity index (χ1) is 20.4. The van der Waals surface area contributed by atoms with Gasteiger partial charge in [0.1, 0.15) is 18.1 Å². The molecule has 2 aromatic carbocycles. The van der Waals surface area contributed by atoms with E-state index in [1.807, 2.05) is 18.2 Å². The summed E-state index contributed by atoms with van der Waals surface area (Å²) in [7, 11) is 0. The van der Waals surface area contributed by atoms with Crippen molar-refractivity contribution in [2.24, 2.45) is 17.2 Å². The highest BCUT2D eigenvalue weighted by Crippen LogP contribution is 2.19. The van der Waals surface area contributed by atoms with E-state index in [9.17, 15) is 33.9 Å². The molecule has 11 N–H and O–H groups in total. The van der Waals surface area contributed by atoms with Gasteiger partial charge < -0.3 is 43.2 Å². The molecule has 14 heteroatoms. The van der Waals surface area contributed by atoms with E-state index in [1.165, 1.54) is 0 Å². The van der Waals surface area contributed by atoms with E-state index < -0.39 is 66.1 Å². The number of amides is 5. The van der Waals surface area contributed by atoms with Crippen molar-refractivity contribution in [1.29, 1.82) is 0 Å². The van der Waals surface area contributed by atoms with Crippen LogP contribution in [-0.4, -0.2) is 69.8 Å². The molecule has 0 aliphatic heterocycles. The Morgan fingerprint density at radius 2 is 1.35 bits per heavy atom. The summed E-state index contributed by atoms with van der Waals surface area (Å²) in [6.45, 7) is 0. The first-order valence-electron chi connectivity index (χ1n) is 13.5. The van der Waals surface area contributed by atoms with Crippen LogP contribution in [0.5, 0.6) is 0 Å². The van der Waals surface area contributed by atoms with Crippen LogP contribution in [-0.2, 0) is 41.6 Å². The molecule has 3 rings (SSSR count). The van der Waals surface area contributed by atoms with E-state index in [1.54, 1.807) is 42.6 Å². The van der Waals surface area contributed by atoms with Crippen molar-refractivity contribution in [2.75, 3.05) is 0 Å². The molecule has 228 valence electrons. The van der Waals surface area contributed by atoms with Crippen molar-refractivity contribution in [1.82, 2.24) is 20.9 Å². The number of aliphatic carboxylic acids is 1. The largest absolute Gasteiger partial charge is 0.480 e. The molecule has 0 aliphatic carbocycles. The van der Waals surface area contributed by atoms with Crippen LogP contribution in [0.2, 0.25) is 0 Å². The number of carboxylic acid groups (broad SMARTS) is 1. The molecule has 0 saturated carbocycles. The Morgan fingerprint density at radius 1 is 0.744 bits per heavy atom. The van der Waals surface area contributed by atoms with Gasteiger partial charge in [-0.05, 0) is 23.6 Å². The lowest BCUT2D eigenvalue weighted by Crippen LogP contribution is -2.58. The minimum atomic E-state index is -1.51. The fourth-order valence-electron chi connectivity index (χ4n) is 4.44. The van der Waals surface area contributed by atoms with Crippen LogP contribution in [0.15, 0.2) is 60.8 Å². The molecule has 0 fully saturated rings. The number of aromatic amines is 1. The van der Waals surface area contributed by atoms with Gasteiger partial charge in [0, 0.05) is 36.4 Å². The zero-order valence-electron chi connectivity index (χ0n) is 23.2. The summed E-state index contributed by atoms with van der Waals surface area (Å²) in [5.74, 6) is -5.44. The smallest absolute Gasteiger partial charge is 0.326 e. The number of aromatic nitrogens is 1. The second-order valence-corrected chi connectivity index (χ2v) is 10.1. The predicted octanol–water partition coefficient (Wildman–Crippen LogP) is -1.04. The number of nitrogens with one attached hydrogen (secondary N) is 4. The van der Waals surface area contributed by atoms with Crippen LogP contribution in [0.3, 0.4) is 0 Å². The summed E-state index contributed by atoms with van der Waals surface area (Å²) in [6, 6.07) is 10.6. The topological polar surface area (TPSA) is 253 Å². The lowest BCUT2D eigenvalue weighted by molar-refractivity contribution is -0.142. The van der Waals surface area contributed by atoms with Crippen molar-refractivity contribution in [3.63, 3.8) is 0 Å². The maximum atomic E-state index is 13.5. The first-order valence-corrected chi connectivity index (χ1v) is 13.5. The normalized spacial score (nSPS) is 13.7. The SMILES string of the molecule is NC(=O)CCC(N)C(=O)NC(CC(N)=O)C(=O)NC(Cc1c[nH]c2ccccc12)C(=O)NC(Cc1ccccc1)C(=O)O. The summed E-state index contributed by atoms with van der Waals surface area (Å²) in [6.07, 6.45) is 0.689. The predicted molar refractivity (Wildman–Crippen MR) is 156 cm³/mol. The average Bonchev–Trinajstić information content (AvgIpc) is 3.37. The number of para-hydroxylation sites is 1. The molecule has 0 spiro atoms. The van der Waals surface area contributed by atoms with Crippen molar-refractivity contribution in [3.8, 4) is 0 Å².